The fourth-order valence-corrected chi connectivity index (χ4v) is 2.43. The molecule has 12 nitrogen and oxygen atoms in total. The summed E-state index contributed by atoms with van der Waals surface area (Å²) < 4.78 is 10.8. The van der Waals surface area contributed by atoms with Gasteiger partial charge >= 0.3 is 0 Å². The van der Waals surface area contributed by atoms with E-state index in [1.807, 2.05) is 0 Å². The van der Waals surface area contributed by atoms with Crippen LogP contribution in [0.5, 0.6) is 0 Å². The van der Waals surface area contributed by atoms with E-state index in [4.69, 9.17) is 24.0 Å². The number of piperazine rings is 2. The van der Waals surface area contributed by atoms with Gasteiger partial charge in [-0.2, -0.15) is 10.1 Å². The topological polar surface area (TPSA) is 138 Å². The third kappa shape index (κ3) is 25.9. The molecule has 2 heterocycles. The fourth-order valence-electron chi connectivity index (χ4n) is 2.43. The van der Waals surface area contributed by atoms with Crippen molar-refractivity contribution in [2.45, 2.75) is 0 Å². The molecule has 0 bridgehead atoms. The van der Waals surface area contributed by atoms with Crippen molar-refractivity contribution in [1.29, 1.82) is 0 Å². The highest BCUT2D eigenvalue weighted by Gasteiger charge is 2.13. The smallest absolute Gasteiger partial charge is 0.117 e. The Morgan fingerprint density at radius 1 is 0.774 bits per heavy atom. The summed E-state index contributed by atoms with van der Waals surface area (Å²) in [5.74, 6) is 0. The Hall–Kier alpha value is -0.210. The first-order valence-electron chi connectivity index (χ1n) is 10.7. The van der Waals surface area contributed by atoms with E-state index >= 15 is 0 Å². The van der Waals surface area contributed by atoms with Gasteiger partial charge < -0.3 is 39.5 Å². The minimum Gasteiger partial charge on any atom is -0.799 e. The van der Waals surface area contributed by atoms with Crippen LogP contribution in [0.25, 0.3) is 0 Å². The highest BCUT2D eigenvalue weighted by molar-refractivity contribution is 7.45. The average Bonchev–Trinajstić information content (AvgIpc) is 2.61. The first kappa shape index (κ1) is 30.8. The molecule has 4 N–H and O–H groups in total. The molecule has 2 aliphatic heterocycles. The monoisotopic (exact) mass is 471 g/mol. The van der Waals surface area contributed by atoms with Gasteiger partial charge in [-0.3, -0.25) is 9.68 Å². The van der Waals surface area contributed by atoms with Crippen molar-refractivity contribution >= 4 is 7.75 Å². The summed E-state index contributed by atoms with van der Waals surface area (Å²) in [4.78, 5) is 29.0. The highest BCUT2D eigenvalue weighted by atomic mass is 31.2. The first-order chi connectivity index (χ1) is 14.2. The molecule has 0 aromatic heterocycles. The lowest BCUT2D eigenvalue weighted by Gasteiger charge is -2.29. The summed E-state index contributed by atoms with van der Waals surface area (Å²) in [5.41, 5.74) is 3.80. The molecule has 2 rings (SSSR count). The highest BCUT2D eigenvalue weighted by Crippen LogP contribution is 2.04. The fraction of sp³-hybridized carbons (Fsp3) is 1.00. The van der Waals surface area contributed by atoms with Crippen LogP contribution in [0, 0.1) is 0 Å². The summed E-state index contributed by atoms with van der Waals surface area (Å²) in [6, 6.07) is 0. The minimum absolute atomic E-state index is 0.823. The van der Waals surface area contributed by atoms with Gasteiger partial charge in [0.1, 0.15) is 26.3 Å². The van der Waals surface area contributed by atoms with Crippen LogP contribution < -0.4 is 25.9 Å². The largest absolute Gasteiger partial charge is 0.799 e. The second-order valence-electron chi connectivity index (χ2n) is 9.59. The molecule has 2 saturated heterocycles. The Labute approximate surface area is 188 Å². The number of rotatable bonds is 8. The molecule has 2 fully saturated rings. The predicted octanol–water partition coefficient (Wildman–Crippen LogP) is -3.17. The first-order valence-corrected chi connectivity index (χ1v) is 12.4. The van der Waals surface area contributed by atoms with Crippen molar-refractivity contribution in [3.05, 3.63) is 0 Å². The number of hydrogen-bond acceptors (Lipinski definition) is 9. The van der Waals surface area contributed by atoms with Crippen molar-refractivity contribution in [3.8, 4) is 0 Å². The van der Waals surface area contributed by atoms with Crippen LogP contribution in [0.3, 0.4) is 0 Å². The number of nitrogens with one attached hydrogen (secondary N) is 2. The number of quaternary nitrogens is 2. The second-order valence-corrected chi connectivity index (χ2v) is 10.7. The van der Waals surface area contributed by atoms with Crippen molar-refractivity contribution in [1.82, 2.24) is 20.8 Å². The minimum atomic E-state index is -4.64. The van der Waals surface area contributed by atoms with Crippen LogP contribution in [-0.4, -0.2) is 140 Å². The number of nitrogens with two attached hydrogens (primary N) is 1. The van der Waals surface area contributed by atoms with E-state index < -0.39 is 7.75 Å². The SMILES string of the molecule is C[N+](C)(C)CCON1CCNCC1.C[N+](C)(C)CCON1CCNCC1.NP(=O)([O-])[O-]. The van der Waals surface area contributed by atoms with Crippen molar-refractivity contribution < 1.29 is 33.0 Å². The van der Waals surface area contributed by atoms with Gasteiger partial charge in [0.15, 0.2) is 0 Å². The summed E-state index contributed by atoms with van der Waals surface area (Å²) in [5, 5.41) is 10.7. The number of nitrogens with zero attached hydrogens (tertiary/aromatic N) is 4. The van der Waals surface area contributed by atoms with E-state index in [0.717, 1.165) is 87.6 Å². The number of hydroxylamine groups is 4. The molecule has 188 valence electrons. The third-order valence-corrected chi connectivity index (χ3v) is 4.22. The maximum Gasteiger partial charge on any atom is 0.117 e. The molecule has 0 unspecified atom stereocenters. The van der Waals surface area contributed by atoms with Crippen LogP contribution >= 0.6 is 7.75 Å². The molecular formula is C18H46N7O5P. The van der Waals surface area contributed by atoms with Gasteiger partial charge in [0.2, 0.25) is 0 Å². The second kappa shape index (κ2) is 15.6. The predicted molar refractivity (Wildman–Crippen MR) is 118 cm³/mol. The van der Waals surface area contributed by atoms with E-state index in [1.165, 1.54) is 0 Å². The molecule has 0 aromatic rings. The number of hydrogen-bond donors (Lipinski definition) is 3. The van der Waals surface area contributed by atoms with E-state index in [1.54, 1.807) is 0 Å². The van der Waals surface area contributed by atoms with Gasteiger partial charge in [-0.15, -0.1) is 0 Å². The summed E-state index contributed by atoms with van der Waals surface area (Å²) >= 11 is 0. The van der Waals surface area contributed by atoms with Crippen molar-refractivity contribution in [3.63, 3.8) is 0 Å². The number of likely N-dealkylation sites (N-methyl/N-ethyl adjacent to an activating group) is 2. The summed E-state index contributed by atoms with van der Waals surface area (Å²) in [6.07, 6.45) is 0. The van der Waals surface area contributed by atoms with Gasteiger partial charge in [0.05, 0.1) is 42.3 Å². The zero-order chi connectivity index (χ0) is 24.0. The lowest BCUT2D eigenvalue weighted by Crippen LogP contribution is -2.45. The molecule has 0 aromatic carbocycles. The van der Waals surface area contributed by atoms with Crippen LogP contribution in [0.2, 0.25) is 0 Å². The zero-order valence-corrected chi connectivity index (χ0v) is 21.2. The molecular weight excluding hydrogens is 425 g/mol. The third-order valence-electron chi connectivity index (χ3n) is 4.22. The molecule has 0 atom stereocenters. The zero-order valence-electron chi connectivity index (χ0n) is 20.3. The summed E-state index contributed by atoms with van der Waals surface area (Å²) in [7, 11) is 8.45. The lowest BCUT2D eigenvalue weighted by molar-refractivity contribution is -0.871. The molecule has 0 aliphatic carbocycles. The normalized spacial score (nSPS) is 19.1. The van der Waals surface area contributed by atoms with Gasteiger partial charge in [0.25, 0.3) is 0 Å². The van der Waals surface area contributed by atoms with Gasteiger partial charge in [-0.1, -0.05) is 0 Å². The standard InChI is InChI=1S/2C9H22N3O.H4NO3P/c2*1-12(2,3)8-9-13-11-6-4-10-5-7-11;1-5(2,3)4/h2*10H,4-9H2,1-3H3;(H4,1,2,3,4)/q2*+1;/p-2. The molecule has 0 saturated carbocycles. The molecule has 0 amide bonds. The van der Waals surface area contributed by atoms with Crippen LogP contribution in [0.1, 0.15) is 0 Å². The van der Waals surface area contributed by atoms with Crippen molar-refractivity contribution in [2.75, 3.05) is 121 Å². The Balaban J connectivity index is 0.000000479. The Kier molecular flexibility index (Phi) is 15.5. The molecule has 0 radical (unpaired) electrons. The van der Waals surface area contributed by atoms with Crippen molar-refractivity contribution in [2.24, 2.45) is 5.50 Å². The van der Waals surface area contributed by atoms with E-state index in [2.05, 4.69) is 68.6 Å². The van der Waals surface area contributed by atoms with Gasteiger partial charge in [0, 0.05) is 52.4 Å². The van der Waals surface area contributed by atoms with Crippen LogP contribution in [0.15, 0.2) is 0 Å². The molecule has 31 heavy (non-hydrogen) atoms. The van der Waals surface area contributed by atoms with E-state index in [0.29, 0.717) is 0 Å². The molecule has 13 heteroatoms. The Morgan fingerprint density at radius 3 is 1.26 bits per heavy atom. The Bertz CT molecular complexity index is 442. The maximum absolute atomic E-state index is 8.88. The van der Waals surface area contributed by atoms with Crippen LogP contribution in [-0.2, 0) is 14.2 Å². The molecule has 0 spiro atoms. The summed E-state index contributed by atoms with van der Waals surface area (Å²) in [6.45, 7) is 12.0. The maximum atomic E-state index is 8.88. The lowest BCUT2D eigenvalue weighted by atomic mass is 10.4. The van der Waals surface area contributed by atoms with Gasteiger partial charge in [-0.25, -0.2) is 0 Å². The van der Waals surface area contributed by atoms with E-state index in [9.17, 15) is 0 Å². The Morgan fingerprint density at radius 2 is 1.03 bits per heavy atom. The molecule has 2 aliphatic rings. The van der Waals surface area contributed by atoms with Gasteiger partial charge in [-0.05, 0) is 7.75 Å². The van der Waals surface area contributed by atoms with E-state index in [-0.39, 0.29) is 0 Å². The van der Waals surface area contributed by atoms with Crippen LogP contribution in [0.4, 0.5) is 0 Å². The quantitative estimate of drug-likeness (QED) is 0.246. The average molecular weight is 472 g/mol.